The first-order valence-electron chi connectivity index (χ1n) is 8.76. The van der Waals surface area contributed by atoms with Gasteiger partial charge >= 0.3 is 0 Å². The molecule has 0 amide bonds. The largest absolute Gasteiger partial charge is 0.356 e. The van der Waals surface area contributed by atoms with Crippen LogP contribution in [0, 0.1) is 0 Å². The van der Waals surface area contributed by atoms with Crippen LogP contribution in [0.5, 0.6) is 0 Å². The molecule has 24 heavy (non-hydrogen) atoms. The van der Waals surface area contributed by atoms with E-state index in [2.05, 4.69) is 44.8 Å². The SMILES string of the molecule is CC=CCCNC(=NC)NC1CCN(Cc2ccc(Cl)cc2)CC1. The molecule has 0 atom stereocenters. The lowest BCUT2D eigenvalue weighted by Gasteiger charge is -2.33. The third-order valence-corrected chi connectivity index (χ3v) is 4.56. The number of nitrogens with zero attached hydrogens (tertiary/aromatic N) is 2. The van der Waals surface area contributed by atoms with E-state index < -0.39 is 0 Å². The minimum Gasteiger partial charge on any atom is -0.356 e. The van der Waals surface area contributed by atoms with Gasteiger partial charge in [-0.25, -0.2) is 0 Å². The van der Waals surface area contributed by atoms with Crippen LogP contribution in [0.25, 0.3) is 0 Å². The van der Waals surface area contributed by atoms with Crippen molar-refractivity contribution in [3.63, 3.8) is 0 Å². The summed E-state index contributed by atoms with van der Waals surface area (Å²) in [6.07, 6.45) is 7.55. The molecule has 0 spiro atoms. The number of nitrogens with one attached hydrogen (secondary N) is 2. The summed E-state index contributed by atoms with van der Waals surface area (Å²) in [5.74, 6) is 0.913. The van der Waals surface area contributed by atoms with Gasteiger partial charge in [-0.1, -0.05) is 35.9 Å². The maximum Gasteiger partial charge on any atom is 0.191 e. The summed E-state index contributed by atoms with van der Waals surface area (Å²) in [7, 11) is 1.83. The molecule has 0 aliphatic carbocycles. The molecule has 2 rings (SSSR count). The lowest BCUT2D eigenvalue weighted by molar-refractivity contribution is 0.198. The molecule has 0 saturated carbocycles. The van der Waals surface area contributed by atoms with Crippen LogP contribution in [0.3, 0.4) is 0 Å². The molecule has 0 aromatic heterocycles. The second-order valence-electron chi connectivity index (χ2n) is 6.18. The molecular weight excluding hydrogens is 320 g/mol. The molecule has 1 heterocycles. The zero-order valence-corrected chi connectivity index (χ0v) is 15.5. The van der Waals surface area contributed by atoms with Gasteiger partial charge in [-0.2, -0.15) is 0 Å². The Morgan fingerprint density at radius 3 is 2.62 bits per heavy atom. The highest BCUT2D eigenvalue weighted by molar-refractivity contribution is 6.30. The maximum atomic E-state index is 5.95. The number of allylic oxidation sites excluding steroid dienone is 1. The molecule has 132 valence electrons. The molecule has 0 unspecified atom stereocenters. The van der Waals surface area contributed by atoms with Crippen molar-refractivity contribution in [1.29, 1.82) is 0 Å². The van der Waals surface area contributed by atoms with Gasteiger partial charge in [-0.3, -0.25) is 9.89 Å². The van der Waals surface area contributed by atoms with Gasteiger partial charge < -0.3 is 10.6 Å². The fraction of sp³-hybridized carbons (Fsp3) is 0.526. The maximum absolute atomic E-state index is 5.95. The van der Waals surface area contributed by atoms with Crippen LogP contribution in [-0.2, 0) is 6.54 Å². The fourth-order valence-electron chi connectivity index (χ4n) is 2.91. The molecule has 0 bridgehead atoms. The number of halogens is 1. The predicted molar refractivity (Wildman–Crippen MR) is 104 cm³/mol. The van der Waals surface area contributed by atoms with Gasteiger partial charge in [-0.15, -0.1) is 0 Å². The highest BCUT2D eigenvalue weighted by Gasteiger charge is 2.19. The lowest BCUT2D eigenvalue weighted by atomic mass is 10.0. The molecule has 2 N–H and O–H groups in total. The first-order chi connectivity index (χ1) is 11.7. The number of hydrogen-bond acceptors (Lipinski definition) is 2. The van der Waals surface area contributed by atoms with Crippen LogP contribution in [0.15, 0.2) is 41.4 Å². The molecule has 1 fully saturated rings. The van der Waals surface area contributed by atoms with Gasteiger partial charge in [0.25, 0.3) is 0 Å². The Hall–Kier alpha value is -1.52. The highest BCUT2D eigenvalue weighted by atomic mass is 35.5. The first kappa shape index (κ1) is 18.8. The van der Waals surface area contributed by atoms with Crippen molar-refractivity contribution >= 4 is 17.6 Å². The van der Waals surface area contributed by atoms with Crippen molar-refractivity contribution in [3.8, 4) is 0 Å². The molecule has 1 aliphatic rings. The second-order valence-corrected chi connectivity index (χ2v) is 6.61. The predicted octanol–water partition coefficient (Wildman–Crippen LogP) is 3.44. The summed E-state index contributed by atoms with van der Waals surface area (Å²) in [6.45, 7) is 6.18. The summed E-state index contributed by atoms with van der Waals surface area (Å²) in [5, 5.41) is 7.72. The van der Waals surface area contributed by atoms with Gasteiger partial charge in [0.1, 0.15) is 0 Å². The number of benzene rings is 1. The van der Waals surface area contributed by atoms with E-state index in [1.807, 2.05) is 26.1 Å². The Balaban J connectivity index is 1.70. The van der Waals surface area contributed by atoms with Crippen LogP contribution in [0.2, 0.25) is 5.02 Å². The van der Waals surface area contributed by atoms with Crippen molar-refractivity contribution in [3.05, 3.63) is 47.0 Å². The van der Waals surface area contributed by atoms with Crippen LogP contribution in [0.1, 0.15) is 31.7 Å². The minimum atomic E-state index is 0.499. The molecular formula is C19H29ClN4. The van der Waals surface area contributed by atoms with Crippen molar-refractivity contribution in [2.75, 3.05) is 26.7 Å². The normalized spacial score (nSPS) is 17.4. The first-order valence-corrected chi connectivity index (χ1v) is 9.14. The van der Waals surface area contributed by atoms with Gasteiger partial charge in [-0.05, 0) is 43.9 Å². The lowest BCUT2D eigenvalue weighted by Crippen LogP contribution is -2.48. The summed E-state index contributed by atoms with van der Waals surface area (Å²) >= 11 is 5.95. The Labute approximate surface area is 151 Å². The van der Waals surface area contributed by atoms with Gasteiger partial charge in [0.05, 0.1) is 0 Å². The summed E-state index contributed by atoms with van der Waals surface area (Å²) in [5.41, 5.74) is 1.33. The van der Waals surface area contributed by atoms with E-state index in [1.54, 1.807) is 0 Å². The Kier molecular flexibility index (Phi) is 8.13. The Bertz CT molecular complexity index is 531. The van der Waals surface area contributed by atoms with E-state index >= 15 is 0 Å². The van der Waals surface area contributed by atoms with E-state index in [4.69, 9.17) is 11.6 Å². The number of aliphatic imine (C=N–C) groups is 1. The smallest absolute Gasteiger partial charge is 0.191 e. The number of piperidine rings is 1. The average molecular weight is 349 g/mol. The standard InChI is InChI=1S/C19H29ClN4/c1-3-4-5-12-22-19(21-2)23-18-10-13-24(14-11-18)15-16-6-8-17(20)9-7-16/h3-4,6-9,18H,5,10-15H2,1-2H3,(H2,21,22,23). The van der Waals surface area contributed by atoms with Crippen LogP contribution < -0.4 is 10.6 Å². The minimum absolute atomic E-state index is 0.499. The van der Waals surface area contributed by atoms with E-state index in [1.165, 1.54) is 5.56 Å². The third-order valence-electron chi connectivity index (χ3n) is 4.31. The highest BCUT2D eigenvalue weighted by Crippen LogP contribution is 2.15. The van der Waals surface area contributed by atoms with Crippen LogP contribution >= 0.6 is 11.6 Å². The number of guanidine groups is 1. The molecule has 1 aromatic rings. The van der Waals surface area contributed by atoms with Gasteiger partial charge in [0.15, 0.2) is 5.96 Å². The van der Waals surface area contributed by atoms with Crippen molar-refractivity contribution < 1.29 is 0 Å². The van der Waals surface area contributed by atoms with E-state index in [9.17, 15) is 0 Å². The van der Waals surface area contributed by atoms with Crippen molar-refractivity contribution in [1.82, 2.24) is 15.5 Å². The number of likely N-dealkylation sites (tertiary alicyclic amines) is 1. The van der Waals surface area contributed by atoms with E-state index in [0.717, 1.165) is 56.4 Å². The fourth-order valence-corrected chi connectivity index (χ4v) is 3.04. The Morgan fingerprint density at radius 2 is 2.00 bits per heavy atom. The topological polar surface area (TPSA) is 39.7 Å². The summed E-state index contributed by atoms with van der Waals surface area (Å²) < 4.78 is 0. The average Bonchev–Trinajstić information content (AvgIpc) is 2.61. The quantitative estimate of drug-likeness (QED) is 0.358. The van der Waals surface area contributed by atoms with Gasteiger partial charge in [0, 0.05) is 44.3 Å². The van der Waals surface area contributed by atoms with Crippen molar-refractivity contribution in [2.24, 2.45) is 4.99 Å². The van der Waals surface area contributed by atoms with Crippen LogP contribution in [-0.4, -0.2) is 43.6 Å². The summed E-state index contributed by atoms with van der Waals surface area (Å²) in [6, 6.07) is 8.66. The molecule has 5 heteroatoms. The third kappa shape index (κ3) is 6.54. The van der Waals surface area contributed by atoms with Crippen LogP contribution in [0.4, 0.5) is 0 Å². The molecule has 1 aromatic carbocycles. The van der Waals surface area contributed by atoms with Gasteiger partial charge in [0.2, 0.25) is 0 Å². The monoisotopic (exact) mass is 348 g/mol. The zero-order valence-electron chi connectivity index (χ0n) is 14.8. The molecule has 1 saturated heterocycles. The number of hydrogen-bond donors (Lipinski definition) is 2. The van der Waals surface area contributed by atoms with E-state index in [0.29, 0.717) is 6.04 Å². The zero-order chi connectivity index (χ0) is 17.2. The molecule has 4 nitrogen and oxygen atoms in total. The second kappa shape index (κ2) is 10.4. The summed E-state index contributed by atoms with van der Waals surface area (Å²) in [4.78, 5) is 6.82. The molecule has 1 aliphatic heterocycles. The molecule has 0 radical (unpaired) electrons. The van der Waals surface area contributed by atoms with E-state index in [-0.39, 0.29) is 0 Å². The number of rotatable bonds is 6. The van der Waals surface area contributed by atoms with Crippen molar-refractivity contribution in [2.45, 2.75) is 38.8 Å². The Morgan fingerprint density at radius 1 is 1.29 bits per heavy atom.